The molecule has 0 aliphatic carbocycles. The Morgan fingerprint density at radius 2 is 2.47 bits per heavy atom. The van der Waals surface area contributed by atoms with Gasteiger partial charge in [-0.25, -0.2) is 0 Å². The summed E-state index contributed by atoms with van der Waals surface area (Å²) in [7, 11) is 0. The number of nitrogens with one attached hydrogen (secondary N) is 1. The number of nitrogens with zero attached hydrogens (tertiary/aromatic N) is 1. The fourth-order valence-corrected chi connectivity index (χ4v) is 2.15. The van der Waals surface area contributed by atoms with Crippen LogP contribution in [0.4, 0.5) is 5.69 Å². The van der Waals surface area contributed by atoms with E-state index in [-0.39, 0.29) is 0 Å². The van der Waals surface area contributed by atoms with E-state index in [1.54, 1.807) is 17.8 Å². The van der Waals surface area contributed by atoms with E-state index in [0.29, 0.717) is 23.2 Å². The van der Waals surface area contributed by atoms with Gasteiger partial charge in [-0.1, -0.05) is 16.8 Å². The predicted molar refractivity (Wildman–Crippen MR) is 63.1 cm³/mol. The number of nitrogens with two attached hydrogens (primary N) is 1. The summed E-state index contributed by atoms with van der Waals surface area (Å²) < 4.78 is 0. The number of hydrogen-bond acceptors (Lipinski definition) is 5. The molecule has 1 heterocycles. The second-order valence-corrected chi connectivity index (χ2v) is 4.41. The fourth-order valence-electron chi connectivity index (χ4n) is 1.13. The summed E-state index contributed by atoms with van der Waals surface area (Å²) in [6.45, 7) is 0.450. The van der Waals surface area contributed by atoms with Crippen LogP contribution in [0.5, 0.6) is 0 Å². The van der Waals surface area contributed by atoms with Gasteiger partial charge in [0, 0.05) is 15.6 Å². The summed E-state index contributed by atoms with van der Waals surface area (Å²) >= 11 is 7.39. The van der Waals surface area contributed by atoms with Crippen molar-refractivity contribution in [3.63, 3.8) is 0 Å². The van der Waals surface area contributed by atoms with Crippen LogP contribution in [0.3, 0.4) is 0 Å². The minimum atomic E-state index is 0.450. The first-order valence-electron chi connectivity index (χ1n) is 4.36. The largest absolute Gasteiger partial charge is 0.398 e. The Bertz CT molecular complexity index is 397. The van der Waals surface area contributed by atoms with Gasteiger partial charge in [0.15, 0.2) is 12.6 Å². The van der Waals surface area contributed by atoms with Crippen LogP contribution in [-0.2, 0) is 4.84 Å². The van der Waals surface area contributed by atoms with E-state index in [1.165, 1.54) is 0 Å². The van der Waals surface area contributed by atoms with Crippen molar-refractivity contribution in [2.24, 2.45) is 5.16 Å². The van der Waals surface area contributed by atoms with Crippen molar-refractivity contribution in [1.82, 2.24) is 5.32 Å². The summed E-state index contributed by atoms with van der Waals surface area (Å²) in [6, 6.07) is 5.46. The summed E-state index contributed by atoms with van der Waals surface area (Å²) in [5.41, 5.74) is 6.50. The average molecular weight is 244 g/mol. The Morgan fingerprint density at radius 1 is 1.60 bits per heavy atom. The van der Waals surface area contributed by atoms with Crippen LogP contribution < -0.4 is 11.1 Å². The number of hydrogen-bond donors (Lipinski definition) is 2. The molecule has 1 aliphatic rings. The number of anilines is 1. The van der Waals surface area contributed by atoms with E-state index in [1.807, 2.05) is 12.1 Å². The Hall–Kier alpha value is -1.07. The van der Waals surface area contributed by atoms with Crippen molar-refractivity contribution < 1.29 is 4.84 Å². The first-order valence-corrected chi connectivity index (χ1v) is 5.72. The van der Waals surface area contributed by atoms with Crippen molar-refractivity contribution in [3.05, 3.63) is 23.2 Å². The lowest BCUT2D eigenvalue weighted by Gasteiger charge is -2.04. The summed E-state index contributed by atoms with van der Waals surface area (Å²) in [6.07, 6.45) is 0. The molecule has 3 N–H and O–H groups in total. The van der Waals surface area contributed by atoms with Crippen LogP contribution in [0.15, 0.2) is 28.3 Å². The Kier molecular flexibility index (Phi) is 3.23. The average Bonchev–Trinajstić information content (AvgIpc) is 2.69. The molecular weight excluding hydrogens is 234 g/mol. The third kappa shape index (κ3) is 2.70. The molecule has 6 heteroatoms. The van der Waals surface area contributed by atoms with Gasteiger partial charge in [0.1, 0.15) is 0 Å². The van der Waals surface area contributed by atoms with E-state index in [9.17, 15) is 0 Å². The lowest BCUT2D eigenvalue weighted by Crippen LogP contribution is -2.20. The quantitative estimate of drug-likeness (QED) is 0.629. The Balaban J connectivity index is 1.98. The van der Waals surface area contributed by atoms with E-state index in [2.05, 4.69) is 10.5 Å². The van der Waals surface area contributed by atoms with E-state index >= 15 is 0 Å². The number of amidine groups is 1. The van der Waals surface area contributed by atoms with Crippen LogP contribution in [0.25, 0.3) is 0 Å². The highest BCUT2D eigenvalue weighted by Gasteiger charge is 2.08. The standard InChI is InChI=1S/C9H10ClN3OS/c10-6-1-2-8(7(11)3-6)15-4-9-12-5-14-13-9/h1-3H,4-5,11H2,(H,12,13). The number of thioether (sulfide) groups is 1. The molecule has 0 spiro atoms. The van der Waals surface area contributed by atoms with Gasteiger partial charge in [-0.05, 0) is 18.2 Å². The zero-order valence-electron chi connectivity index (χ0n) is 7.87. The first kappa shape index (κ1) is 10.4. The van der Waals surface area contributed by atoms with Gasteiger partial charge >= 0.3 is 0 Å². The van der Waals surface area contributed by atoms with Gasteiger partial charge in [-0.15, -0.1) is 11.8 Å². The molecule has 15 heavy (non-hydrogen) atoms. The first-order chi connectivity index (χ1) is 7.25. The normalized spacial score (nSPS) is 14.3. The molecule has 0 amide bonds. The molecule has 0 aromatic heterocycles. The zero-order valence-corrected chi connectivity index (χ0v) is 9.44. The molecule has 2 rings (SSSR count). The van der Waals surface area contributed by atoms with Crippen molar-refractivity contribution in [2.75, 3.05) is 18.2 Å². The van der Waals surface area contributed by atoms with Crippen molar-refractivity contribution in [3.8, 4) is 0 Å². The second kappa shape index (κ2) is 4.63. The minimum Gasteiger partial charge on any atom is -0.398 e. The molecule has 80 valence electrons. The zero-order chi connectivity index (χ0) is 10.7. The lowest BCUT2D eigenvalue weighted by atomic mass is 10.3. The summed E-state index contributed by atoms with van der Waals surface area (Å²) in [5, 5.41) is 7.46. The number of rotatable bonds is 3. The molecule has 0 bridgehead atoms. The van der Waals surface area contributed by atoms with Gasteiger partial charge in [-0.2, -0.15) is 0 Å². The van der Waals surface area contributed by atoms with Gasteiger partial charge in [0.25, 0.3) is 0 Å². The highest BCUT2D eigenvalue weighted by Crippen LogP contribution is 2.27. The van der Waals surface area contributed by atoms with Gasteiger partial charge in [0.2, 0.25) is 0 Å². The fraction of sp³-hybridized carbons (Fsp3) is 0.222. The maximum atomic E-state index is 5.81. The summed E-state index contributed by atoms with van der Waals surface area (Å²) in [5.74, 6) is 1.54. The molecule has 0 saturated heterocycles. The van der Waals surface area contributed by atoms with Gasteiger partial charge < -0.3 is 15.9 Å². The highest BCUT2D eigenvalue weighted by molar-refractivity contribution is 8.00. The Labute approximate surface area is 96.8 Å². The third-order valence-corrected chi connectivity index (χ3v) is 3.19. The molecule has 1 aromatic carbocycles. The molecule has 0 radical (unpaired) electrons. The molecular formula is C9H10ClN3OS. The van der Waals surface area contributed by atoms with Gasteiger partial charge in [-0.3, -0.25) is 0 Å². The lowest BCUT2D eigenvalue weighted by molar-refractivity contribution is 0.164. The molecule has 0 atom stereocenters. The molecule has 1 aromatic rings. The van der Waals surface area contributed by atoms with Crippen LogP contribution >= 0.6 is 23.4 Å². The van der Waals surface area contributed by atoms with Crippen molar-refractivity contribution in [2.45, 2.75) is 4.90 Å². The number of nitrogen functional groups attached to an aromatic ring is 1. The maximum absolute atomic E-state index is 5.81. The van der Waals surface area contributed by atoms with E-state index in [0.717, 1.165) is 10.7 Å². The van der Waals surface area contributed by atoms with Crippen LogP contribution in [-0.4, -0.2) is 18.3 Å². The maximum Gasteiger partial charge on any atom is 0.188 e. The van der Waals surface area contributed by atoms with Gasteiger partial charge in [0.05, 0.1) is 5.75 Å². The van der Waals surface area contributed by atoms with Crippen molar-refractivity contribution in [1.29, 1.82) is 0 Å². The second-order valence-electron chi connectivity index (χ2n) is 2.96. The summed E-state index contributed by atoms with van der Waals surface area (Å²) in [4.78, 5) is 5.80. The van der Waals surface area contributed by atoms with Crippen LogP contribution in [0.1, 0.15) is 0 Å². The van der Waals surface area contributed by atoms with Crippen LogP contribution in [0, 0.1) is 0 Å². The van der Waals surface area contributed by atoms with Crippen molar-refractivity contribution >= 4 is 34.9 Å². The van der Waals surface area contributed by atoms with E-state index < -0.39 is 0 Å². The van der Waals surface area contributed by atoms with Crippen LogP contribution in [0.2, 0.25) is 5.02 Å². The molecule has 1 aliphatic heterocycles. The topological polar surface area (TPSA) is 59.6 Å². The monoisotopic (exact) mass is 243 g/mol. The molecule has 4 nitrogen and oxygen atoms in total. The molecule has 0 unspecified atom stereocenters. The number of benzene rings is 1. The smallest absolute Gasteiger partial charge is 0.188 e. The van der Waals surface area contributed by atoms with E-state index in [4.69, 9.17) is 22.2 Å². The SMILES string of the molecule is Nc1cc(Cl)ccc1SCC1=NOCN1. The number of oxime groups is 1. The Morgan fingerprint density at radius 3 is 3.13 bits per heavy atom. The molecule has 0 fully saturated rings. The highest BCUT2D eigenvalue weighted by atomic mass is 35.5. The predicted octanol–water partition coefficient (Wildman–Crippen LogP) is 1.91. The minimum absolute atomic E-state index is 0.450. The third-order valence-electron chi connectivity index (χ3n) is 1.85. The molecule has 0 saturated carbocycles. The number of halogens is 1.